The molecule has 0 unspecified atom stereocenters. The number of amides is 2. The van der Waals surface area contributed by atoms with Crippen LogP contribution < -0.4 is 14.8 Å². The topological polar surface area (TPSA) is 67.9 Å². The lowest BCUT2D eigenvalue weighted by Gasteiger charge is -2.39. The van der Waals surface area contributed by atoms with Crippen molar-refractivity contribution < 1.29 is 19.1 Å². The molecule has 0 aliphatic carbocycles. The monoisotopic (exact) mass is 424 g/mol. The number of methoxy groups -OCH3 is 2. The smallest absolute Gasteiger partial charge is 0.227 e. The Balaban J connectivity index is 1.62. The molecule has 1 aliphatic heterocycles. The van der Waals surface area contributed by atoms with E-state index in [0.717, 1.165) is 29.5 Å². The molecule has 1 N–H and O–H groups in total. The van der Waals surface area contributed by atoms with Crippen LogP contribution in [-0.2, 0) is 22.6 Å². The molecule has 1 saturated heterocycles. The van der Waals surface area contributed by atoms with Gasteiger partial charge in [-0.25, -0.2) is 0 Å². The number of carbonyl (C=O) groups excluding carboxylic acids is 2. The number of piperidine rings is 1. The van der Waals surface area contributed by atoms with Crippen LogP contribution in [0.15, 0.2) is 42.5 Å². The Labute approximate surface area is 184 Å². The fourth-order valence-corrected chi connectivity index (χ4v) is 4.11. The molecule has 31 heavy (non-hydrogen) atoms. The number of hydrogen-bond acceptors (Lipinski definition) is 4. The van der Waals surface area contributed by atoms with Crippen molar-refractivity contribution in [2.75, 3.05) is 27.3 Å². The quantitative estimate of drug-likeness (QED) is 0.739. The molecule has 1 fully saturated rings. The zero-order chi connectivity index (χ0) is 22.4. The number of benzene rings is 2. The maximum atomic E-state index is 13.0. The number of hydrogen-bond donors (Lipinski definition) is 1. The summed E-state index contributed by atoms with van der Waals surface area (Å²) in [6, 6.07) is 13.5. The highest BCUT2D eigenvalue weighted by Gasteiger charge is 2.39. The minimum absolute atomic E-state index is 0.000584. The first kappa shape index (κ1) is 22.7. The summed E-state index contributed by atoms with van der Waals surface area (Å²) in [6.45, 7) is 5.60. The van der Waals surface area contributed by atoms with E-state index in [0.29, 0.717) is 31.1 Å². The molecule has 166 valence electrons. The summed E-state index contributed by atoms with van der Waals surface area (Å²) in [5.74, 6) is 1.26. The van der Waals surface area contributed by atoms with E-state index in [4.69, 9.17) is 9.47 Å². The first-order valence-corrected chi connectivity index (χ1v) is 10.7. The molecule has 2 aromatic carbocycles. The van der Waals surface area contributed by atoms with Crippen molar-refractivity contribution in [2.45, 2.75) is 39.7 Å². The number of rotatable bonds is 7. The van der Waals surface area contributed by atoms with Gasteiger partial charge in [-0.05, 0) is 55.5 Å². The molecule has 6 heteroatoms. The zero-order valence-corrected chi connectivity index (χ0v) is 18.9. The number of nitrogens with zero attached hydrogens (tertiary/aromatic N) is 1. The summed E-state index contributed by atoms with van der Waals surface area (Å²) in [5.41, 5.74) is 2.53. The van der Waals surface area contributed by atoms with E-state index in [9.17, 15) is 9.59 Å². The summed E-state index contributed by atoms with van der Waals surface area (Å²) in [7, 11) is 3.16. The maximum Gasteiger partial charge on any atom is 0.227 e. The van der Waals surface area contributed by atoms with Gasteiger partial charge in [0.25, 0.3) is 0 Å². The van der Waals surface area contributed by atoms with Crippen LogP contribution in [0.2, 0.25) is 0 Å². The SMILES string of the molecule is COc1ccc(CC(=O)N2CCC[C@](C)(C(=O)NCc3ccccc3C)C2)cc1OC. The fourth-order valence-electron chi connectivity index (χ4n) is 4.11. The molecular weight excluding hydrogens is 392 g/mol. The second-order valence-corrected chi connectivity index (χ2v) is 8.45. The Hall–Kier alpha value is -3.02. The number of ether oxygens (including phenoxy) is 2. The molecule has 1 atom stereocenters. The van der Waals surface area contributed by atoms with E-state index in [1.165, 1.54) is 0 Å². The molecule has 3 rings (SSSR count). The second-order valence-electron chi connectivity index (χ2n) is 8.45. The van der Waals surface area contributed by atoms with Gasteiger partial charge in [0.05, 0.1) is 26.1 Å². The first-order chi connectivity index (χ1) is 14.9. The average Bonchev–Trinajstić information content (AvgIpc) is 2.78. The summed E-state index contributed by atoms with van der Waals surface area (Å²) in [4.78, 5) is 27.8. The number of carbonyl (C=O) groups is 2. The Kier molecular flexibility index (Phi) is 7.21. The van der Waals surface area contributed by atoms with Crippen LogP contribution >= 0.6 is 0 Å². The van der Waals surface area contributed by atoms with Crippen molar-refractivity contribution in [1.82, 2.24) is 10.2 Å². The van der Waals surface area contributed by atoms with Gasteiger partial charge in [-0.3, -0.25) is 9.59 Å². The van der Waals surface area contributed by atoms with Crippen LogP contribution in [0.25, 0.3) is 0 Å². The maximum absolute atomic E-state index is 13.0. The van der Waals surface area contributed by atoms with E-state index >= 15 is 0 Å². The van der Waals surface area contributed by atoms with Gasteiger partial charge in [0.1, 0.15) is 0 Å². The lowest BCUT2D eigenvalue weighted by Crippen LogP contribution is -2.52. The number of aryl methyl sites for hydroxylation is 1. The Morgan fingerprint density at radius 1 is 1.10 bits per heavy atom. The molecule has 0 saturated carbocycles. The van der Waals surface area contributed by atoms with Crippen LogP contribution in [0, 0.1) is 12.3 Å². The Bertz CT molecular complexity index is 943. The van der Waals surface area contributed by atoms with Crippen molar-refractivity contribution in [3.63, 3.8) is 0 Å². The van der Waals surface area contributed by atoms with Crippen molar-refractivity contribution in [2.24, 2.45) is 5.41 Å². The third-order valence-corrected chi connectivity index (χ3v) is 6.10. The molecule has 6 nitrogen and oxygen atoms in total. The Morgan fingerprint density at radius 3 is 2.55 bits per heavy atom. The normalized spacial score (nSPS) is 18.4. The van der Waals surface area contributed by atoms with Gasteiger partial charge in [-0.15, -0.1) is 0 Å². The highest BCUT2D eigenvalue weighted by molar-refractivity contribution is 5.85. The van der Waals surface area contributed by atoms with Gasteiger partial charge in [0.2, 0.25) is 11.8 Å². The minimum atomic E-state index is -0.589. The summed E-state index contributed by atoms with van der Waals surface area (Å²) < 4.78 is 10.6. The van der Waals surface area contributed by atoms with E-state index in [2.05, 4.69) is 5.32 Å². The number of likely N-dealkylation sites (tertiary alicyclic amines) is 1. The highest BCUT2D eigenvalue weighted by atomic mass is 16.5. The van der Waals surface area contributed by atoms with Gasteiger partial charge in [-0.1, -0.05) is 30.3 Å². The first-order valence-electron chi connectivity index (χ1n) is 10.7. The minimum Gasteiger partial charge on any atom is -0.493 e. The summed E-state index contributed by atoms with van der Waals surface area (Å²) in [6.07, 6.45) is 1.85. The second kappa shape index (κ2) is 9.86. The standard InChI is InChI=1S/C25H32N2O4/c1-18-8-5-6-9-20(18)16-26-24(29)25(2)12-7-13-27(17-25)23(28)15-19-10-11-21(30-3)22(14-19)31-4/h5-6,8-11,14H,7,12-13,15-17H2,1-4H3,(H,26,29)/t25-/m0/s1. The molecule has 2 amide bonds. The van der Waals surface area contributed by atoms with Crippen LogP contribution in [-0.4, -0.2) is 44.0 Å². The lowest BCUT2D eigenvalue weighted by molar-refractivity contribution is -0.140. The van der Waals surface area contributed by atoms with E-state index in [1.54, 1.807) is 20.3 Å². The van der Waals surface area contributed by atoms with E-state index in [-0.39, 0.29) is 18.2 Å². The van der Waals surface area contributed by atoms with Gasteiger partial charge in [-0.2, -0.15) is 0 Å². The summed E-state index contributed by atoms with van der Waals surface area (Å²) in [5, 5.41) is 3.08. The molecule has 2 aromatic rings. The van der Waals surface area contributed by atoms with Crippen LogP contribution in [0.1, 0.15) is 36.5 Å². The molecular formula is C25H32N2O4. The lowest BCUT2D eigenvalue weighted by atomic mass is 9.80. The molecule has 0 spiro atoms. The van der Waals surface area contributed by atoms with Gasteiger partial charge < -0.3 is 19.7 Å². The van der Waals surface area contributed by atoms with Crippen molar-refractivity contribution >= 4 is 11.8 Å². The number of nitrogens with one attached hydrogen (secondary N) is 1. The molecule has 0 bridgehead atoms. The van der Waals surface area contributed by atoms with Crippen molar-refractivity contribution in [1.29, 1.82) is 0 Å². The molecule has 0 aromatic heterocycles. The molecule has 1 heterocycles. The largest absolute Gasteiger partial charge is 0.493 e. The highest BCUT2D eigenvalue weighted by Crippen LogP contribution is 2.31. The molecule has 0 radical (unpaired) electrons. The van der Waals surface area contributed by atoms with Gasteiger partial charge >= 0.3 is 0 Å². The average molecular weight is 425 g/mol. The predicted octanol–water partition coefficient (Wildman–Crippen LogP) is 3.50. The predicted molar refractivity (Wildman–Crippen MR) is 120 cm³/mol. The van der Waals surface area contributed by atoms with Crippen molar-refractivity contribution in [3.8, 4) is 11.5 Å². The van der Waals surface area contributed by atoms with Crippen LogP contribution in [0.5, 0.6) is 11.5 Å². The van der Waals surface area contributed by atoms with Crippen LogP contribution in [0.4, 0.5) is 0 Å². The van der Waals surface area contributed by atoms with Gasteiger partial charge in [0, 0.05) is 19.6 Å². The van der Waals surface area contributed by atoms with Gasteiger partial charge in [0.15, 0.2) is 11.5 Å². The van der Waals surface area contributed by atoms with E-state index < -0.39 is 5.41 Å². The van der Waals surface area contributed by atoms with Crippen molar-refractivity contribution in [3.05, 3.63) is 59.2 Å². The molecule has 1 aliphatic rings. The third kappa shape index (κ3) is 5.37. The summed E-state index contributed by atoms with van der Waals surface area (Å²) >= 11 is 0. The Morgan fingerprint density at radius 2 is 1.84 bits per heavy atom. The van der Waals surface area contributed by atoms with E-state index in [1.807, 2.05) is 55.1 Å². The third-order valence-electron chi connectivity index (χ3n) is 6.10. The fraction of sp³-hybridized carbons (Fsp3) is 0.440. The van der Waals surface area contributed by atoms with Crippen LogP contribution in [0.3, 0.4) is 0 Å². The zero-order valence-electron chi connectivity index (χ0n) is 18.9.